The zero-order valence-corrected chi connectivity index (χ0v) is 13.3. The summed E-state index contributed by atoms with van der Waals surface area (Å²) in [5.74, 6) is -0.258. The van der Waals surface area contributed by atoms with Crippen LogP contribution in [0, 0.1) is 0 Å². The van der Waals surface area contributed by atoms with Gasteiger partial charge in [-0.25, -0.2) is 0 Å². The summed E-state index contributed by atoms with van der Waals surface area (Å²) in [5.41, 5.74) is 7.28. The fraction of sp³-hybridized carbons (Fsp3) is 0. The Balaban J connectivity index is 2.26. The molecule has 0 unspecified atom stereocenters. The fourth-order valence-electron chi connectivity index (χ4n) is 1.60. The molecule has 2 rings (SSSR count). The van der Waals surface area contributed by atoms with Gasteiger partial charge in [0.15, 0.2) is 0 Å². The van der Waals surface area contributed by atoms with E-state index in [0.717, 1.165) is 4.47 Å². The molecule has 0 aliphatic heterocycles. The van der Waals surface area contributed by atoms with Gasteiger partial charge in [-0.3, -0.25) is 4.79 Å². The molecule has 0 radical (unpaired) electrons. The smallest absolute Gasteiger partial charge is 0.255 e. The van der Waals surface area contributed by atoms with E-state index in [4.69, 9.17) is 29.6 Å². The molecule has 0 fully saturated rings. The molecule has 1 amide bonds. The van der Waals surface area contributed by atoms with Crippen molar-refractivity contribution in [1.82, 2.24) is 0 Å². The first-order valence-electron chi connectivity index (χ1n) is 5.63. The number of anilines is 1. The molecule has 0 saturated carbocycles. The van der Waals surface area contributed by atoms with Crippen LogP contribution in [0.5, 0.6) is 0 Å². The van der Waals surface area contributed by atoms with Crippen LogP contribution in [0.1, 0.15) is 15.9 Å². The predicted molar refractivity (Wildman–Crippen MR) is 89.4 cm³/mol. The van der Waals surface area contributed by atoms with Crippen LogP contribution in [0.25, 0.3) is 0 Å². The van der Waals surface area contributed by atoms with E-state index < -0.39 is 0 Å². The van der Waals surface area contributed by atoms with E-state index in [1.54, 1.807) is 42.5 Å². The van der Waals surface area contributed by atoms with E-state index >= 15 is 0 Å². The maximum absolute atomic E-state index is 12.2. The average Bonchev–Trinajstić information content (AvgIpc) is 2.43. The van der Waals surface area contributed by atoms with E-state index in [1.165, 1.54) is 0 Å². The number of hydrogen-bond donors (Lipinski definition) is 2. The van der Waals surface area contributed by atoms with Crippen molar-refractivity contribution in [2.75, 3.05) is 5.32 Å². The zero-order chi connectivity index (χ0) is 14.7. The van der Waals surface area contributed by atoms with Gasteiger partial charge in [0, 0.05) is 20.6 Å². The number of carbonyl (C=O) groups is 1. The van der Waals surface area contributed by atoms with Gasteiger partial charge < -0.3 is 11.1 Å². The van der Waals surface area contributed by atoms with E-state index in [-0.39, 0.29) is 10.9 Å². The second kappa shape index (κ2) is 6.35. The maximum Gasteiger partial charge on any atom is 0.255 e. The van der Waals surface area contributed by atoms with Crippen molar-refractivity contribution in [3.8, 4) is 0 Å². The molecule has 2 aromatic rings. The molecule has 0 aliphatic rings. The lowest BCUT2D eigenvalue weighted by atomic mass is 10.1. The molecule has 0 atom stereocenters. The highest BCUT2D eigenvalue weighted by Crippen LogP contribution is 2.26. The zero-order valence-electron chi connectivity index (χ0n) is 10.2. The van der Waals surface area contributed by atoms with E-state index in [1.807, 2.05) is 0 Å². The third-order valence-electron chi connectivity index (χ3n) is 2.59. The number of carbonyl (C=O) groups excluding carboxylic acids is 1. The summed E-state index contributed by atoms with van der Waals surface area (Å²) in [5, 5.41) is 3.32. The first kappa shape index (κ1) is 15.0. The molecule has 102 valence electrons. The van der Waals surface area contributed by atoms with Crippen LogP contribution in [0.4, 0.5) is 5.69 Å². The Morgan fingerprint density at radius 1 is 1.20 bits per heavy atom. The molecule has 0 aliphatic carbocycles. The normalized spacial score (nSPS) is 10.1. The monoisotopic (exact) mass is 368 g/mol. The standard InChI is InChI=1S/C14H10BrClN2OS/c15-11-5-4-10(16)7-12(11)18-14(19)9-3-1-2-8(6-9)13(17)20/h1-7H,(H2,17,20)(H,18,19). The van der Waals surface area contributed by atoms with Crippen LogP contribution in [0.2, 0.25) is 5.02 Å². The second-order valence-corrected chi connectivity index (χ2v) is 5.75. The van der Waals surface area contributed by atoms with Crippen LogP contribution >= 0.6 is 39.7 Å². The van der Waals surface area contributed by atoms with E-state index in [9.17, 15) is 4.79 Å². The molecule has 3 nitrogen and oxygen atoms in total. The third-order valence-corrected chi connectivity index (χ3v) is 3.75. The number of rotatable bonds is 3. The van der Waals surface area contributed by atoms with Gasteiger partial charge in [-0.15, -0.1) is 0 Å². The Morgan fingerprint density at radius 2 is 1.90 bits per heavy atom. The van der Waals surface area contributed by atoms with Crippen molar-refractivity contribution < 1.29 is 4.79 Å². The summed E-state index contributed by atoms with van der Waals surface area (Å²) in [6.07, 6.45) is 0. The van der Waals surface area contributed by atoms with Gasteiger partial charge in [0.2, 0.25) is 0 Å². The van der Waals surface area contributed by atoms with E-state index in [0.29, 0.717) is 21.8 Å². The predicted octanol–water partition coefficient (Wildman–Crippen LogP) is 3.99. The van der Waals surface area contributed by atoms with Crippen molar-refractivity contribution in [3.05, 3.63) is 63.1 Å². The van der Waals surface area contributed by atoms with Gasteiger partial charge in [0.25, 0.3) is 5.91 Å². The van der Waals surface area contributed by atoms with Crippen molar-refractivity contribution in [2.24, 2.45) is 5.73 Å². The van der Waals surface area contributed by atoms with Crippen molar-refractivity contribution in [3.63, 3.8) is 0 Å². The number of nitrogens with one attached hydrogen (secondary N) is 1. The van der Waals surface area contributed by atoms with Crippen molar-refractivity contribution in [1.29, 1.82) is 0 Å². The Morgan fingerprint density at radius 3 is 2.60 bits per heavy atom. The number of halogens is 2. The minimum atomic E-state index is -0.258. The summed E-state index contributed by atoms with van der Waals surface area (Å²) < 4.78 is 0.751. The molecule has 0 saturated heterocycles. The molecular formula is C14H10BrClN2OS. The molecule has 0 bridgehead atoms. The Bertz CT molecular complexity index is 691. The van der Waals surface area contributed by atoms with Crippen LogP contribution < -0.4 is 11.1 Å². The SMILES string of the molecule is NC(=S)c1cccc(C(=O)Nc2cc(Cl)ccc2Br)c1. The molecule has 3 N–H and O–H groups in total. The first-order chi connectivity index (χ1) is 9.47. The summed E-state index contributed by atoms with van der Waals surface area (Å²) >= 11 is 14.2. The van der Waals surface area contributed by atoms with Crippen LogP contribution in [0.3, 0.4) is 0 Å². The quantitative estimate of drug-likeness (QED) is 0.804. The number of amides is 1. The average molecular weight is 370 g/mol. The largest absolute Gasteiger partial charge is 0.389 e. The minimum Gasteiger partial charge on any atom is -0.389 e. The number of benzene rings is 2. The van der Waals surface area contributed by atoms with E-state index in [2.05, 4.69) is 21.2 Å². The van der Waals surface area contributed by atoms with Crippen LogP contribution in [0.15, 0.2) is 46.9 Å². The van der Waals surface area contributed by atoms with Gasteiger partial charge in [-0.1, -0.05) is 36.0 Å². The minimum absolute atomic E-state index is 0.253. The molecule has 20 heavy (non-hydrogen) atoms. The number of nitrogens with two attached hydrogens (primary N) is 1. The number of hydrogen-bond acceptors (Lipinski definition) is 2. The van der Waals surface area contributed by atoms with Gasteiger partial charge >= 0.3 is 0 Å². The van der Waals surface area contributed by atoms with Crippen molar-refractivity contribution >= 4 is 56.3 Å². The third kappa shape index (κ3) is 3.56. The lowest BCUT2D eigenvalue weighted by Crippen LogP contribution is -2.15. The Kier molecular flexibility index (Phi) is 4.75. The summed E-state index contributed by atoms with van der Waals surface area (Å²) in [6.45, 7) is 0. The van der Waals surface area contributed by atoms with Gasteiger partial charge in [-0.05, 0) is 46.3 Å². The Labute approximate surface area is 135 Å². The summed E-state index contributed by atoms with van der Waals surface area (Å²) in [7, 11) is 0. The molecule has 2 aromatic carbocycles. The molecule has 0 aromatic heterocycles. The number of thiocarbonyl (C=S) groups is 1. The van der Waals surface area contributed by atoms with Crippen LogP contribution in [-0.2, 0) is 0 Å². The molecule has 0 spiro atoms. The lowest BCUT2D eigenvalue weighted by molar-refractivity contribution is 0.102. The molecule has 6 heteroatoms. The molecule has 0 heterocycles. The topological polar surface area (TPSA) is 55.1 Å². The maximum atomic E-state index is 12.2. The summed E-state index contributed by atoms with van der Waals surface area (Å²) in [6, 6.07) is 12.0. The van der Waals surface area contributed by atoms with Gasteiger partial charge in [0.1, 0.15) is 4.99 Å². The highest BCUT2D eigenvalue weighted by Gasteiger charge is 2.10. The highest BCUT2D eigenvalue weighted by molar-refractivity contribution is 9.10. The van der Waals surface area contributed by atoms with Gasteiger partial charge in [-0.2, -0.15) is 0 Å². The highest BCUT2D eigenvalue weighted by atomic mass is 79.9. The second-order valence-electron chi connectivity index (χ2n) is 4.02. The lowest BCUT2D eigenvalue weighted by Gasteiger charge is -2.08. The van der Waals surface area contributed by atoms with Crippen LogP contribution in [-0.4, -0.2) is 10.9 Å². The summed E-state index contributed by atoms with van der Waals surface area (Å²) in [4.78, 5) is 12.4. The molecular weight excluding hydrogens is 360 g/mol. The fourth-order valence-corrected chi connectivity index (χ4v) is 2.25. The Hall–Kier alpha value is -1.43. The van der Waals surface area contributed by atoms with Crippen molar-refractivity contribution in [2.45, 2.75) is 0 Å². The first-order valence-corrected chi connectivity index (χ1v) is 7.21. The van der Waals surface area contributed by atoms with Gasteiger partial charge in [0.05, 0.1) is 5.69 Å².